The molecule has 1 aromatic heterocycles. The largest absolute Gasteiger partial charge is 0.370 e. The first-order chi connectivity index (χ1) is 9.50. The summed E-state index contributed by atoms with van der Waals surface area (Å²) in [6, 6.07) is 4.28. The third-order valence-corrected chi connectivity index (χ3v) is 4.54. The number of anilines is 1. The topological polar surface area (TPSA) is 50.9 Å². The predicted octanol–water partition coefficient (Wildman–Crippen LogP) is 3.56. The molecule has 0 saturated heterocycles. The van der Waals surface area contributed by atoms with E-state index in [0.717, 1.165) is 18.9 Å². The third kappa shape index (κ3) is 3.95. The van der Waals surface area contributed by atoms with Crippen LogP contribution in [0.2, 0.25) is 0 Å². The average Bonchev–Trinajstić information content (AvgIpc) is 2.45. The van der Waals surface area contributed by atoms with Crippen molar-refractivity contribution >= 4 is 5.82 Å². The summed E-state index contributed by atoms with van der Waals surface area (Å²) < 4.78 is 0. The Bertz CT molecular complexity index is 405. The molecule has 0 radical (unpaired) electrons. The van der Waals surface area contributed by atoms with Gasteiger partial charge >= 0.3 is 0 Å². The van der Waals surface area contributed by atoms with Crippen molar-refractivity contribution in [1.29, 1.82) is 0 Å². The van der Waals surface area contributed by atoms with Gasteiger partial charge in [-0.2, -0.15) is 0 Å². The second-order valence-corrected chi connectivity index (χ2v) is 7.10. The van der Waals surface area contributed by atoms with Gasteiger partial charge in [-0.3, -0.25) is 0 Å². The lowest BCUT2D eigenvalue weighted by Gasteiger charge is -2.30. The summed E-state index contributed by atoms with van der Waals surface area (Å²) in [5.41, 5.74) is 7.33. The van der Waals surface area contributed by atoms with Crippen molar-refractivity contribution in [3.8, 4) is 0 Å². The molecule has 1 fully saturated rings. The summed E-state index contributed by atoms with van der Waals surface area (Å²) in [5, 5.41) is 3.49. The summed E-state index contributed by atoms with van der Waals surface area (Å²) in [5.74, 6) is 2.38. The molecule has 2 unspecified atom stereocenters. The number of nitrogens with two attached hydrogens (primary N) is 1. The standard InChI is InChI=1S/C17H29N3/c1-17(2,3)15-8-9-16(20-12-15)19-11-14-7-5-4-6-13(14)10-18/h8-9,12-14H,4-7,10-11,18H2,1-3H3,(H,19,20). The van der Waals surface area contributed by atoms with E-state index in [9.17, 15) is 0 Å². The maximum Gasteiger partial charge on any atom is 0.125 e. The van der Waals surface area contributed by atoms with Crippen LogP contribution < -0.4 is 11.1 Å². The van der Waals surface area contributed by atoms with E-state index in [2.05, 4.69) is 43.2 Å². The summed E-state index contributed by atoms with van der Waals surface area (Å²) in [7, 11) is 0. The van der Waals surface area contributed by atoms with Crippen molar-refractivity contribution in [2.24, 2.45) is 17.6 Å². The fraction of sp³-hybridized carbons (Fsp3) is 0.706. The normalized spacial score (nSPS) is 23.6. The van der Waals surface area contributed by atoms with E-state index in [1.807, 2.05) is 6.20 Å². The van der Waals surface area contributed by atoms with Crippen LogP contribution in [-0.4, -0.2) is 18.1 Å². The fourth-order valence-electron chi connectivity index (χ4n) is 3.04. The van der Waals surface area contributed by atoms with Gasteiger partial charge in [-0.05, 0) is 48.3 Å². The summed E-state index contributed by atoms with van der Waals surface area (Å²) >= 11 is 0. The minimum atomic E-state index is 0.166. The molecule has 1 heterocycles. The Labute approximate surface area is 123 Å². The van der Waals surface area contributed by atoms with Gasteiger partial charge in [0.15, 0.2) is 0 Å². The smallest absolute Gasteiger partial charge is 0.125 e. The van der Waals surface area contributed by atoms with Crippen LogP contribution >= 0.6 is 0 Å². The van der Waals surface area contributed by atoms with Crippen LogP contribution in [0.25, 0.3) is 0 Å². The lowest BCUT2D eigenvalue weighted by atomic mass is 9.79. The van der Waals surface area contributed by atoms with Gasteiger partial charge in [0, 0.05) is 12.7 Å². The average molecular weight is 275 g/mol. The third-order valence-electron chi connectivity index (χ3n) is 4.54. The molecular weight excluding hydrogens is 246 g/mol. The van der Waals surface area contributed by atoms with Crippen molar-refractivity contribution in [3.63, 3.8) is 0 Å². The molecule has 0 aliphatic heterocycles. The molecule has 1 aromatic rings. The molecule has 1 aliphatic rings. The first kappa shape index (κ1) is 15.3. The van der Waals surface area contributed by atoms with Crippen molar-refractivity contribution < 1.29 is 0 Å². The van der Waals surface area contributed by atoms with Crippen molar-refractivity contribution in [3.05, 3.63) is 23.9 Å². The Balaban J connectivity index is 1.90. The van der Waals surface area contributed by atoms with E-state index in [1.165, 1.54) is 31.2 Å². The van der Waals surface area contributed by atoms with Gasteiger partial charge in [-0.25, -0.2) is 4.98 Å². The van der Waals surface area contributed by atoms with Crippen LogP contribution in [0.1, 0.15) is 52.0 Å². The number of hydrogen-bond acceptors (Lipinski definition) is 3. The maximum absolute atomic E-state index is 5.89. The Kier molecular flexibility index (Phi) is 5.03. The van der Waals surface area contributed by atoms with Gasteiger partial charge in [-0.15, -0.1) is 0 Å². The van der Waals surface area contributed by atoms with E-state index >= 15 is 0 Å². The monoisotopic (exact) mass is 275 g/mol. The lowest BCUT2D eigenvalue weighted by molar-refractivity contribution is 0.255. The molecule has 0 bridgehead atoms. The van der Waals surface area contributed by atoms with Crippen LogP contribution in [0.3, 0.4) is 0 Å². The maximum atomic E-state index is 5.89. The molecular formula is C17H29N3. The Hall–Kier alpha value is -1.09. The van der Waals surface area contributed by atoms with Crippen LogP contribution in [0.5, 0.6) is 0 Å². The molecule has 1 aliphatic carbocycles. The molecule has 1 saturated carbocycles. The second kappa shape index (κ2) is 6.57. The molecule has 112 valence electrons. The Morgan fingerprint density at radius 3 is 2.45 bits per heavy atom. The van der Waals surface area contributed by atoms with Gasteiger partial charge in [0.05, 0.1) is 0 Å². The zero-order valence-electron chi connectivity index (χ0n) is 13.2. The zero-order chi connectivity index (χ0) is 14.6. The fourth-order valence-corrected chi connectivity index (χ4v) is 3.04. The van der Waals surface area contributed by atoms with Gasteiger partial charge < -0.3 is 11.1 Å². The van der Waals surface area contributed by atoms with Gasteiger partial charge in [0.2, 0.25) is 0 Å². The molecule has 2 atom stereocenters. The Morgan fingerprint density at radius 1 is 1.20 bits per heavy atom. The molecule has 0 aromatic carbocycles. The predicted molar refractivity (Wildman–Crippen MR) is 85.9 cm³/mol. The minimum absolute atomic E-state index is 0.166. The first-order valence-electron chi connectivity index (χ1n) is 7.91. The summed E-state index contributed by atoms with van der Waals surface area (Å²) in [6.45, 7) is 8.47. The SMILES string of the molecule is CC(C)(C)c1ccc(NCC2CCCCC2CN)nc1. The van der Waals surface area contributed by atoms with E-state index < -0.39 is 0 Å². The number of pyridine rings is 1. The minimum Gasteiger partial charge on any atom is -0.370 e. The van der Waals surface area contributed by atoms with Crippen molar-refractivity contribution in [1.82, 2.24) is 4.98 Å². The first-order valence-corrected chi connectivity index (χ1v) is 7.91. The highest BCUT2D eigenvalue weighted by atomic mass is 15.0. The highest BCUT2D eigenvalue weighted by molar-refractivity contribution is 5.37. The van der Waals surface area contributed by atoms with Crippen LogP contribution in [-0.2, 0) is 5.41 Å². The molecule has 3 N–H and O–H groups in total. The van der Waals surface area contributed by atoms with Gasteiger partial charge in [-0.1, -0.05) is 39.7 Å². The van der Waals surface area contributed by atoms with E-state index in [0.29, 0.717) is 11.8 Å². The summed E-state index contributed by atoms with van der Waals surface area (Å²) in [6.07, 6.45) is 7.27. The van der Waals surface area contributed by atoms with Crippen LogP contribution in [0.15, 0.2) is 18.3 Å². The Morgan fingerprint density at radius 2 is 1.90 bits per heavy atom. The molecule has 0 amide bonds. The number of hydrogen-bond donors (Lipinski definition) is 2. The number of nitrogens with zero attached hydrogens (tertiary/aromatic N) is 1. The van der Waals surface area contributed by atoms with Crippen LogP contribution in [0.4, 0.5) is 5.82 Å². The van der Waals surface area contributed by atoms with Gasteiger partial charge in [0.1, 0.15) is 5.82 Å². The highest BCUT2D eigenvalue weighted by Gasteiger charge is 2.23. The van der Waals surface area contributed by atoms with Crippen molar-refractivity contribution in [2.75, 3.05) is 18.4 Å². The molecule has 3 nitrogen and oxygen atoms in total. The number of rotatable bonds is 4. The van der Waals surface area contributed by atoms with Gasteiger partial charge in [0.25, 0.3) is 0 Å². The molecule has 0 spiro atoms. The number of aromatic nitrogens is 1. The van der Waals surface area contributed by atoms with Crippen molar-refractivity contribution in [2.45, 2.75) is 51.9 Å². The van der Waals surface area contributed by atoms with E-state index in [4.69, 9.17) is 5.73 Å². The van der Waals surface area contributed by atoms with E-state index in [1.54, 1.807) is 0 Å². The molecule has 20 heavy (non-hydrogen) atoms. The van der Waals surface area contributed by atoms with Crippen LogP contribution in [0, 0.1) is 11.8 Å². The second-order valence-electron chi connectivity index (χ2n) is 7.10. The summed E-state index contributed by atoms with van der Waals surface area (Å²) in [4.78, 5) is 4.54. The number of nitrogens with one attached hydrogen (secondary N) is 1. The lowest BCUT2D eigenvalue weighted by Crippen LogP contribution is -2.31. The molecule has 2 rings (SSSR count). The molecule has 3 heteroatoms. The quantitative estimate of drug-likeness (QED) is 0.883. The highest BCUT2D eigenvalue weighted by Crippen LogP contribution is 2.29. The zero-order valence-corrected chi connectivity index (χ0v) is 13.2. The van der Waals surface area contributed by atoms with E-state index in [-0.39, 0.29) is 5.41 Å².